The molecular weight excluding hydrogens is 332 g/mol. The molecule has 1 aromatic heterocycles. The van der Waals surface area contributed by atoms with E-state index in [2.05, 4.69) is 15.3 Å². The maximum atomic E-state index is 12.6. The lowest BCUT2D eigenvalue weighted by Gasteiger charge is -2.20. The van der Waals surface area contributed by atoms with Crippen molar-refractivity contribution in [2.75, 3.05) is 37.0 Å². The molecule has 1 fully saturated rings. The number of ether oxygens (including phenoxy) is 1. The molecule has 2 aromatic rings. The minimum Gasteiger partial charge on any atom is -0.383 e. The molecule has 26 heavy (non-hydrogen) atoms. The molecule has 0 aliphatic carbocycles. The van der Waals surface area contributed by atoms with E-state index in [1.807, 2.05) is 32.0 Å². The molecule has 1 amide bonds. The first-order chi connectivity index (χ1) is 12.5. The summed E-state index contributed by atoms with van der Waals surface area (Å²) in [5.41, 5.74) is 3.59. The summed E-state index contributed by atoms with van der Waals surface area (Å²) in [6, 6.07) is 7.44. The van der Waals surface area contributed by atoms with Crippen molar-refractivity contribution in [1.82, 2.24) is 9.97 Å². The van der Waals surface area contributed by atoms with Gasteiger partial charge in [-0.1, -0.05) is 12.1 Å². The van der Waals surface area contributed by atoms with Crippen LogP contribution in [0.5, 0.6) is 0 Å². The summed E-state index contributed by atoms with van der Waals surface area (Å²) < 4.78 is 4.99. The Morgan fingerprint density at radius 3 is 2.92 bits per heavy atom. The Kier molecular flexibility index (Phi) is 5.37. The van der Waals surface area contributed by atoms with Crippen LogP contribution in [0.15, 0.2) is 29.1 Å². The van der Waals surface area contributed by atoms with E-state index in [-0.39, 0.29) is 17.4 Å². The Morgan fingerprint density at radius 2 is 2.15 bits per heavy atom. The summed E-state index contributed by atoms with van der Waals surface area (Å²) in [4.78, 5) is 33.5. The lowest BCUT2D eigenvalue weighted by atomic mass is 10.0. The highest BCUT2D eigenvalue weighted by molar-refractivity contribution is 5.97. The highest BCUT2D eigenvalue weighted by Crippen LogP contribution is 2.33. The molecule has 1 aliphatic rings. The first-order valence-corrected chi connectivity index (χ1v) is 8.70. The molecular formula is C19H24N4O3. The number of H-pyrrole nitrogens is 1. The van der Waals surface area contributed by atoms with Gasteiger partial charge in [0, 0.05) is 44.3 Å². The third-order valence-corrected chi connectivity index (χ3v) is 4.77. The molecule has 7 nitrogen and oxygen atoms in total. The quantitative estimate of drug-likeness (QED) is 0.773. The van der Waals surface area contributed by atoms with Crippen LogP contribution in [0.2, 0.25) is 0 Å². The third kappa shape index (κ3) is 3.77. The fraction of sp³-hybridized carbons (Fsp3) is 0.421. The van der Waals surface area contributed by atoms with Crippen LogP contribution >= 0.6 is 0 Å². The van der Waals surface area contributed by atoms with E-state index in [1.165, 1.54) is 6.07 Å². The number of anilines is 2. The van der Waals surface area contributed by atoms with E-state index >= 15 is 0 Å². The summed E-state index contributed by atoms with van der Waals surface area (Å²) in [6.45, 7) is 5.64. The van der Waals surface area contributed by atoms with Crippen molar-refractivity contribution in [1.29, 1.82) is 0 Å². The summed E-state index contributed by atoms with van der Waals surface area (Å²) in [6.07, 6.45) is 0.349. The van der Waals surface area contributed by atoms with Gasteiger partial charge < -0.3 is 15.0 Å². The van der Waals surface area contributed by atoms with Crippen LogP contribution < -0.4 is 15.8 Å². The number of nitrogens with zero attached hydrogens (tertiary/aromatic N) is 2. The van der Waals surface area contributed by atoms with E-state index in [0.29, 0.717) is 37.8 Å². The SMILES string of the molecule is COCCNc1nc(C2CC(=O)N(c3cccc(C)c3C)C2)cc(=O)[nH]1. The number of amides is 1. The average molecular weight is 356 g/mol. The maximum absolute atomic E-state index is 12.6. The Balaban J connectivity index is 1.82. The van der Waals surface area contributed by atoms with Crippen molar-refractivity contribution >= 4 is 17.5 Å². The van der Waals surface area contributed by atoms with E-state index < -0.39 is 0 Å². The molecule has 0 bridgehead atoms. The zero-order valence-electron chi connectivity index (χ0n) is 15.3. The predicted octanol–water partition coefficient (Wildman–Crippen LogP) is 1.97. The molecule has 2 N–H and O–H groups in total. The number of hydrogen-bond acceptors (Lipinski definition) is 5. The average Bonchev–Trinajstić information content (AvgIpc) is 2.99. The second-order valence-corrected chi connectivity index (χ2v) is 6.56. The number of rotatable bonds is 6. The van der Waals surface area contributed by atoms with Gasteiger partial charge in [-0.05, 0) is 31.0 Å². The smallest absolute Gasteiger partial charge is 0.252 e. The molecule has 0 radical (unpaired) electrons. The monoisotopic (exact) mass is 356 g/mol. The van der Waals surface area contributed by atoms with Crippen LogP contribution in [0.3, 0.4) is 0 Å². The van der Waals surface area contributed by atoms with Crippen molar-refractivity contribution in [3.8, 4) is 0 Å². The van der Waals surface area contributed by atoms with Gasteiger partial charge in [-0.3, -0.25) is 14.6 Å². The number of aryl methyl sites for hydroxylation is 1. The predicted molar refractivity (Wildman–Crippen MR) is 101 cm³/mol. The molecule has 1 atom stereocenters. The van der Waals surface area contributed by atoms with Crippen molar-refractivity contribution < 1.29 is 9.53 Å². The van der Waals surface area contributed by atoms with Crippen molar-refractivity contribution in [2.45, 2.75) is 26.2 Å². The van der Waals surface area contributed by atoms with Gasteiger partial charge in [-0.15, -0.1) is 0 Å². The van der Waals surface area contributed by atoms with Gasteiger partial charge in [0.1, 0.15) is 0 Å². The molecule has 7 heteroatoms. The van der Waals surface area contributed by atoms with E-state index in [4.69, 9.17) is 4.74 Å². The van der Waals surface area contributed by atoms with Gasteiger partial charge in [0.05, 0.1) is 12.3 Å². The number of aromatic nitrogens is 2. The van der Waals surface area contributed by atoms with Gasteiger partial charge in [0.2, 0.25) is 11.9 Å². The highest BCUT2D eigenvalue weighted by Gasteiger charge is 2.33. The van der Waals surface area contributed by atoms with Crippen molar-refractivity contribution in [2.24, 2.45) is 0 Å². The fourth-order valence-electron chi connectivity index (χ4n) is 3.21. The van der Waals surface area contributed by atoms with Gasteiger partial charge in [0.25, 0.3) is 5.56 Å². The Hall–Kier alpha value is -2.67. The third-order valence-electron chi connectivity index (χ3n) is 4.77. The van der Waals surface area contributed by atoms with Gasteiger partial charge >= 0.3 is 0 Å². The Bertz CT molecular complexity index is 862. The number of nitrogens with one attached hydrogen (secondary N) is 2. The highest BCUT2D eigenvalue weighted by atomic mass is 16.5. The van der Waals surface area contributed by atoms with Crippen LogP contribution in [0, 0.1) is 13.8 Å². The maximum Gasteiger partial charge on any atom is 0.252 e. The lowest BCUT2D eigenvalue weighted by Crippen LogP contribution is -2.25. The largest absolute Gasteiger partial charge is 0.383 e. The van der Waals surface area contributed by atoms with Crippen LogP contribution in [0.4, 0.5) is 11.6 Å². The second kappa shape index (κ2) is 7.70. The number of benzene rings is 1. The topological polar surface area (TPSA) is 87.3 Å². The summed E-state index contributed by atoms with van der Waals surface area (Å²) in [7, 11) is 1.61. The number of aromatic amines is 1. The molecule has 3 rings (SSSR count). The lowest BCUT2D eigenvalue weighted by molar-refractivity contribution is -0.117. The van der Waals surface area contributed by atoms with Crippen LogP contribution in [0.25, 0.3) is 0 Å². The first kappa shape index (κ1) is 18.1. The van der Waals surface area contributed by atoms with Crippen LogP contribution in [0.1, 0.15) is 29.2 Å². The van der Waals surface area contributed by atoms with Crippen LogP contribution in [-0.2, 0) is 9.53 Å². The van der Waals surface area contributed by atoms with Crippen molar-refractivity contribution in [3.05, 3.63) is 51.4 Å². The molecule has 2 heterocycles. The fourth-order valence-corrected chi connectivity index (χ4v) is 3.21. The summed E-state index contributed by atoms with van der Waals surface area (Å²) >= 11 is 0. The molecule has 1 unspecified atom stereocenters. The van der Waals surface area contributed by atoms with Crippen molar-refractivity contribution in [3.63, 3.8) is 0 Å². The molecule has 138 valence electrons. The minimum absolute atomic E-state index is 0.0553. The molecule has 1 aliphatic heterocycles. The second-order valence-electron chi connectivity index (χ2n) is 6.56. The van der Waals surface area contributed by atoms with Gasteiger partial charge in [-0.2, -0.15) is 0 Å². The molecule has 1 saturated heterocycles. The number of methoxy groups -OCH3 is 1. The Morgan fingerprint density at radius 1 is 1.35 bits per heavy atom. The summed E-state index contributed by atoms with van der Waals surface area (Å²) in [5.74, 6) is 0.356. The Labute approximate surface area is 152 Å². The zero-order chi connectivity index (χ0) is 18.7. The van der Waals surface area contributed by atoms with Crippen LogP contribution in [-0.4, -0.2) is 42.7 Å². The van der Waals surface area contributed by atoms with E-state index in [9.17, 15) is 9.59 Å². The zero-order valence-corrected chi connectivity index (χ0v) is 15.3. The number of carbonyl (C=O) groups excluding carboxylic acids is 1. The standard InChI is InChI=1S/C19H24N4O3/c1-12-5-4-6-16(13(12)2)23-11-14(9-18(23)25)15-10-17(24)22-19(21-15)20-7-8-26-3/h4-6,10,14H,7-9,11H2,1-3H3,(H2,20,21,22,24). The number of carbonyl (C=O) groups is 1. The minimum atomic E-state index is -0.229. The van der Waals surface area contributed by atoms with Gasteiger partial charge in [-0.25, -0.2) is 4.98 Å². The van der Waals surface area contributed by atoms with E-state index in [1.54, 1.807) is 12.0 Å². The molecule has 1 aromatic carbocycles. The number of hydrogen-bond donors (Lipinski definition) is 2. The van der Waals surface area contributed by atoms with E-state index in [0.717, 1.165) is 16.8 Å². The first-order valence-electron chi connectivity index (χ1n) is 8.70. The van der Waals surface area contributed by atoms with Gasteiger partial charge in [0.15, 0.2) is 0 Å². The normalized spacial score (nSPS) is 17.0. The molecule has 0 spiro atoms. The summed E-state index contributed by atoms with van der Waals surface area (Å²) in [5, 5.41) is 3.03. The molecule has 0 saturated carbocycles.